The number of benzene rings is 1. The van der Waals surface area contributed by atoms with Gasteiger partial charge in [0.05, 0.1) is 12.8 Å². The molecular weight excluding hydrogens is 238 g/mol. The standard InChI is InChI=1S/C15H21N3O/c1-4-14(13-7-5-6-8-15(13)19-3)16-11-12-9-10-17-18(12)2/h5-10,14,16H,4,11H2,1-3H3. The largest absolute Gasteiger partial charge is 0.496 e. The third-order valence-corrected chi connectivity index (χ3v) is 3.37. The molecule has 1 N–H and O–H groups in total. The first-order valence-electron chi connectivity index (χ1n) is 6.59. The Bertz CT molecular complexity index is 522. The van der Waals surface area contributed by atoms with Crippen LogP contribution in [-0.2, 0) is 13.6 Å². The van der Waals surface area contributed by atoms with E-state index in [-0.39, 0.29) is 6.04 Å². The zero-order valence-electron chi connectivity index (χ0n) is 11.8. The lowest BCUT2D eigenvalue weighted by atomic mass is 10.0. The van der Waals surface area contributed by atoms with Crippen LogP contribution < -0.4 is 10.1 Å². The van der Waals surface area contributed by atoms with Crippen molar-refractivity contribution in [1.29, 1.82) is 0 Å². The summed E-state index contributed by atoms with van der Waals surface area (Å²) in [4.78, 5) is 0. The van der Waals surface area contributed by atoms with Crippen LogP contribution in [0.2, 0.25) is 0 Å². The molecule has 0 bridgehead atoms. The average molecular weight is 259 g/mol. The van der Waals surface area contributed by atoms with Crippen molar-refractivity contribution >= 4 is 0 Å². The van der Waals surface area contributed by atoms with Gasteiger partial charge in [0.25, 0.3) is 0 Å². The van der Waals surface area contributed by atoms with Gasteiger partial charge in [-0.3, -0.25) is 4.68 Å². The minimum Gasteiger partial charge on any atom is -0.496 e. The molecule has 0 aliphatic heterocycles. The summed E-state index contributed by atoms with van der Waals surface area (Å²) in [6.45, 7) is 2.97. The molecule has 1 heterocycles. The van der Waals surface area contributed by atoms with Gasteiger partial charge in [0, 0.05) is 31.4 Å². The van der Waals surface area contributed by atoms with Gasteiger partial charge in [-0.15, -0.1) is 0 Å². The fourth-order valence-corrected chi connectivity index (χ4v) is 2.23. The van der Waals surface area contributed by atoms with Crippen LogP contribution in [0.1, 0.15) is 30.6 Å². The van der Waals surface area contributed by atoms with Gasteiger partial charge in [-0.25, -0.2) is 0 Å². The molecule has 0 aliphatic rings. The van der Waals surface area contributed by atoms with E-state index in [2.05, 4.69) is 23.4 Å². The first-order chi connectivity index (χ1) is 9.26. The number of rotatable bonds is 6. The Labute approximate surface area is 114 Å². The summed E-state index contributed by atoms with van der Waals surface area (Å²) in [6.07, 6.45) is 2.83. The molecule has 0 saturated carbocycles. The number of aromatic nitrogens is 2. The average Bonchev–Trinajstić information content (AvgIpc) is 2.85. The Morgan fingerprint density at radius 1 is 1.32 bits per heavy atom. The van der Waals surface area contributed by atoms with Gasteiger partial charge in [-0.2, -0.15) is 5.10 Å². The zero-order valence-corrected chi connectivity index (χ0v) is 11.8. The maximum absolute atomic E-state index is 5.43. The summed E-state index contributed by atoms with van der Waals surface area (Å²) in [5, 5.41) is 7.74. The van der Waals surface area contributed by atoms with E-state index in [9.17, 15) is 0 Å². The maximum Gasteiger partial charge on any atom is 0.123 e. The number of methoxy groups -OCH3 is 1. The van der Waals surface area contributed by atoms with E-state index in [1.807, 2.05) is 42.2 Å². The third-order valence-electron chi connectivity index (χ3n) is 3.37. The number of nitrogens with one attached hydrogen (secondary N) is 1. The van der Waals surface area contributed by atoms with Crippen molar-refractivity contribution in [3.05, 3.63) is 47.8 Å². The van der Waals surface area contributed by atoms with Crippen LogP contribution in [-0.4, -0.2) is 16.9 Å². The van der Waals surface area contributed by atoms with E-state index in [0.717, 1.165) is 18.7 Å². The topological polar surface area (TPSA) is 39.1 Å². The Hall–Kier alpha value is -1.81. The fourth-order valence-electron chi connectivity index (χ4n) is 2.23. The van der Waals surface area contributed by atoms with Gasteiger partial charge in [0.2, 0.25) is 0 Å². The van der Waals surface area contributed by atoms with Crippen molar-refractivity contribution in [2.24, 2.45) is 7.05 Å². The third kappa shape index (κ3) is 3.15. The molecule has 102 valence electrons. The highest BCUT2D eigenvalue weighted by Crippen LogP contribution is 2.26. The van der Waals surface area contributed by atoms with Crippen molar-refractivity contribution in [2.45, 2.75) is 25.9 Å². The molecule has 4 nitrogen and oxygen atoms in total. The second-order valence-electron chi connectivity index (χ2n) is 4.53. The molecule has 19 heavy (non-hydrogen) atoms. The quantitative estimate of drug-likeness (QED) is 0.867. The molecule has 4 heteroatoms. The Morgan fingerprint density at radius 3 is 2.74 bits per heavy atom. The normalized spacial score (nSPS) is 12.4. The van der Waals surface area contributed by atoms with Crippen molar-refractivity contribution < 1.29 is 4.74 Å². The minimum absolute atomic E-state index is 0.283. The molecule has 1 aromatic heterocycles. The number of ether oxygens (including phenoxy) is 1. The Kier molecular flexibility index (Phi) is 4.58. The van der Waals surface area contributed by atoms with Crippen LogP contribution in [0.3, 0.4) is 0 Å². The number of hydrogen-bond acceptors (Lipinski definition) is 3. The second-order valence-corrected chi connectivity index (χ2v) is 4.53. The highest BCUT2D eigenvalue weighted by molar-refractivity contribution is 5.35. The van der Waals surface area contributed by atoms with Gasteiger partial charge in [0.1, 0.15) is 5.75 Å². The lowest BCUT2D eigenvalue weighted by molar-refractivity contribution is 0.395. The van der Waals surface area contributed by atoms with Crippen LogP contribution in [0.25, 0.3) is 0 Å². The molecule has 0 spiro atoms. The summed E-state index contributed by atoms with van der Waals surface area (Å²) in [7, 11) is 3.67. The molecule has 0 aliphatic carbocycles. The van der Waals surface area contributed by atoms with Gasteiger partial charge in [0.15, 0.2) is 0 Å². The molecule has 1 atom stereocenters. The van der Waals surface area contributed by atoms with Crippen molar-refractivity contribution in [2.75, 3.05) is 7.11 Å². The van der Waals surface area contributed by atoms with Crippen molar-refractivity contribution in [1.82, 2.24) is 15.1 Å². The van der Waals surface area contributed by atoms with E-state index in [0.29, 0.717) is 0 Å². The lowest BCUT2D eigenvalue weighted by Crippen LogP contribution is -2.22. The minimum atomic E-state index is 0.283. The monoisotopic (exact) mass is 259 g/mol. The molecule has 2 aromatic rings. The van der Waals surface area contributed by atoms with E-state index >= 15 is 0 Å². The molecular formula is C15H21N3O. The number of hydrogen-bond donors (Lipinski definition) is 1. The smallest absolute Gasteiger partial charge is 0.123 e. The highest BCUT2D eigenvalue weighted by Gasteiger charge is 2.13. The van der Waals surface area contributed by atoms with Crippen LogP contribution >= 0.6 is 0 Å². The van der Waals surface area contributed by atoms with Crippen LogP contribution in [0, 0.1) is 0 Å². The van der Waals surface area contributed by atoms with E-state index in [1.54, 1.807) is 7.11 Å². The lowest BCUT2D eigenvalue weighted by Gasteiger charge is -2.20. The van der Waals surface area contributed by atoms with Gasteiger partial charge in [-0.1, -0.05) is 25.1 Å². The highest BCUT2D eigenvalue weighted by atomic mass is 16.5. The van der Waals surface area contributed by atoms with Crippen LogP contribution in [0.5, 0.6) is 5.75 Å². The maximum atomic E-state index is 5.43. The van der Waals surface area contributed by atoms with Crippen LogP contribution in [0.15, 0.2) is 36.5 Å². The molecule has 0 amide bonds. The van der Waals surface area contributed by atoms with Gasteiger partial charge in [-0.05, 0) is 18.6 Å². The number of nitrogens with zero attached hydrogens (tertiary/aromatic N) is 2. The molecule has 1 unspecified atom stereocenters. The second kappa shape index (κ2) is 6.38. The SMILES string of the molecule is CCC(NCc1ccnn1C)c1ccccc1OC. The van der Waals surface area contributed by atoms with E-state index in [1.165, 1.54) is 11.3 Å². The van der Waals surface area contributed by atoms with Gasteiger partial charge < -0.3 is 10.1 Å². The summed E-state index contributed by atoms with van der Waals surface area (Å²) >= 11 is 0. The molecule has 2 rings (SSSR count). The number of para-hydroxylation sites is 1. The van der Waals surface area contributed by atoms with Crippen LogP contribution in [0.4, 0.5) is 0 Å². The molecule has 0 saturated heterocycles. The summed E-state index contributed by atoms with van der Waals surface area (Å²) in [6, 6.07) is 10.5. The predicted molar refractivity (Wildman–Crippen MR) is 76.1 cm³/mol. The van der Waals surface area contributed by atoms with Gasteiger partial charge >= 0.3 is 0 Å². The fraction of sp³-hybridized carbons (Fsp3) is 0.400. The molecule has 1 aromatic carbocycles. The first kappa shape index (κ1) is 13.6. The first-order valence-corrected chi connectivity index (χ1v) is 6.59. The van der Waals surface area contributed by atoms with Crippen molar-refractivity contribution in [3.8, 4) is 5.75 Å². The Balaban J connectivity index is 2.10. The van der Waals surface area contributed by atoms with E-state index in [4.69, 9.17) is 4.74 Å². The summed E-state index contributed by atoms with van der Waals surface area (Å²) < 4.78 is 7.32. The Morgan fingerprint density at radius 2 is 2.11 bits per heavy atom. The zero-order chi connectivity index (χ0) is 13.7. The van der Waals surface area contributed by atoms with E-state index < -0.39 is 0 Å². The number of aryl methyl sites for hydroxylation is 1. The summed E-state index contributed by atoms with van der Waals surface area (Å²) in [5.74, 6) is 0.937. The van der Waals surface area contributed by atoms with Crippen molar-refractivity contribution in [3.63, 3.8) is 0 Å². The predicted octanol–water partition coefficient (Wildman–Crippen LogP) is 2.67. The molecule has 0 fully saturated rings. The summed E-state index contributed by atoms with van der Waals surface area (Å²) in [5.41, 5.74) is 2.38. The molecule has 0 radical (unpaired) electrons.